The van der Waals surface area contributed by atoms with Crippen molar-refractivity contribution in [2.24, 2.45) is 11.8 Å². The van der Waals surface area contributed by atoms with Crippen LogP contribution in [0.4, 0.5) is 9.93 Å². The molecule has 1 aromatic carbocycles. The molecule has 3 aliphatic heterocycles. The number of aliphatic carboxylic acids is 1. The molecule has 5 heterocycles. The van der Waals surface area contributed by atoms with Gasteiger partial charge in [-0.15, -0.1) is 11.3 Å². The number of carboxylic acid groups (broad SMARTS) is 1. The van der Waals surface area contributed by atoms with Crippen LogP contribution in [0, 0.1) is 11.8 Å². The van der Waals surface area contributed by atoms with E-state index in [9.17, 15) is 32.7 Å². The first kappa shape index (κ1) is 46.5. The number of hydrogen-bond acceptors (Lipinski definition) is 12. The molecule has 5 N–H and O–H groups in total. The highest BCUT2D eigenvalue weighted by Crippen LogP contribution is 2.46. The second-order valence-electron chi connectivity index (χ2n) is 18.4. The third kappa shape index (κ3) is 10.2. The highest BCUT2D eigenvalue weighted by atomic mass is 32.2. The maximum atomic E-state index is 15.0. The van der Waals surface area contributed by atoms with Crippen molar-refractivity contribution in [1.82, 2.24) is 39.4 Å². The highest BCUT2D eigenvalue weighted by Gasteiger charge is 2.61. The Kier molecular flexibility index (Phi) is 13.9. The molecule has 0 spiro atoms. The number of benzene rings is 1. The van der Waals surface area contributed by atoms with E-state index in [0.29, 0.717) is 66.1 Å². The van der Waals surface area contributed by atoms with E-state index in [-0.39, 0.29) is 44.3 Å². The minimum atomic E-state index is -3.68. The van der Waals surface area contributed by atoms with Gasteiger partial charge in [0.1, 0.15) is 40.9 Å². The summed E-state index contributed by atoms with van der Waals surface area (Å²) in [5.41, 5.74) is 0.261. The molecule has 8 rings (SSSR count). The number of pyridine rings is 1. The molecule has 0 bridgehead atoms. The van der Waals surface area contributed by atoms with Gasteiger partial charge in [0.05, 0.1) is 24.9 Å². The zero-order valence-electron chi connectivity index (χ0n) is 37.5. The Morgan fingerprint density at radius 1 is 1.05 bits per heavy atom. The topological polar surface area (TPSA) is 225 Å². The van der Waals surface area contributed by atoms with Gasteiger partial charge in [-0.25, -0.2) is 19.6 Å². The number of allylic oxidation sites excluding steroid dienone is 1. The number of anilines is 1. The van der Waals surface area contributed by atoms with Crippen LogP contribution >= 0.6 is 11.3 Å². The lowest BCUT2D eigenvalue weighted by molar-refractivity contribution is -0.145. The standard InChI is InChI=1S/C45H61N9O9S2/c1-27(2)46-44-50-37(26-64-44)35-22-39(32-17-16-30(62-4)20-34(32)47-35)63-31-21-38-40(55)51-45(42(57)58)23-29(45)14-8-6-5-7-9-15-33(41(56)54(38)24-31)48-43(59)49-36(28-12-10-13-28)25-53-19-11-18-52(3)65(53,60)61/h8,14,16-17,20,22,26-29,31,33,36,38H,5-7,9-13,15,18-19,21,23-25H2,1-4H3,(H,46,50)(H,51,55)(H,57,58)(H2,48,49,59)/b14-8-/t29?,31-,33+,36-,38+,45-/m1/s1. The SMILES string of the molecule is COc1ccc2c(O[C@@H]3C[C@H]4C(=O)N[C@]5(C(=O)O)CC5/C=C\CCCCC[C@H](NC(=O)N[C@H](CN5CCCN(C)S5(=O)=O)C5CCC5)C(=O)N4C3)cc(-c3csc(NC(C)C)n3)nc2c1. The molecule has 4 amide bonds. The number of carbonyl (C=O) groups excluding carboxylic acids is 3. The number of hydrogen-bond donors (Lipinski definition) is 5. The van der Waals surface area contributed by atoms with Crippen LogP contribution in [0.3, 0.4) is 0 Å². The largest absolute Gasteiger partial charge is 0.497 e. The highest BCUT2D eigenvalue weighted by molar-refractivity contribution is 7.86. The number of rotatable bonds is 12. The number of fused-ring (bicyclic) bond motifs is 3. The molecule has 2 aliphatic carbocycles. The van der Waals surface area contributed by atoms with E-state index in [4.69, 9.17) is 19.4 Å². The molecule has 4 fully saturated rings. The summed E-state index contributed by atoms with van der Waals surface area (Å²) in [7, 11) is -0.551. The molecule has 18 nitrogen and oxygen atoms in total. The van der Waals surface area contributed by atoms with E-state index in [1.807, 2.05) is 37.4 Å². The predicted octanol–water partition coefficient (Wildman–Crippen LogP) is 4.73. The number of ether oxygens (including phenoxy) is 2. The summed E-state index contributed by atoms with van der Waals surface area (Å²) in [5.74, 6) is -1.52. The Bertz CT molecular complexity index is 2410. The summed E-state index contributed by atoms with van der Waals surface area (Å²) < 4.78 is 41.5. The summed E-state index contributed by atoms with van der Waals surface area (Å²) in [6, 6.07) is 4.17. The number of nitrogens with one attached hydrogen (secondary N) is 4. The lowest BCUT2D eigenvalue weighted by atomic mass is 9.79. The first-order valence-electron chi connectivity index (χ1n) is 22.8. The lowest BCUT2D eigenvalue weighted by Gasteiger charge is -2.40. The van der Waals surface area contributed by atoms with Crippen molar-refractivity contribution in [2.45, 2.75) is 120 Å². The first-order chi connectivity index (χ1) is 31.1. The number of carbonyl (C=O) groups is 4. The molecule has 2 saturated carbocycles. The third-order valence-corrected chi connectivity index (χ3v) is 16.1. The van der Waals surface area contributed by atoms with Crippen molar-refractivity contribution in [3.8, 4) is 22.9 Å². The molecule has 3 aromatic rings. The van der Waals surface area contributed by atoms with Gasteiger partial charge in [-0.2, -0.15) is 17.0 Å². The Hall–Kier alpha value is -5.05. The number of urea groups is 1. The van der Waals surface area contributed by atoms with Crippen molar-refractivity contribution < 1.29 is 42.2 Å². The van der Waals surface area contributed by atoms with Crippen molar-refractivity contribution in [1.29, 1.82) is 0 Å². The van der Waals surface area contributed by atoms with Crippen LogP contribution in [0.25, 0.3) is 22.3 Å². The summed E-state index contributed by atoms with van der Waals surface area (Å²) in [4.78, 5) is 67.3. The molecule has 1 unspecified atom stereocenters. The van der Waals surface area contributed by atoms with Crippen LogP contribution < -0.4 is 30.7 Å². The molecule has 2 saturated heterocycles. The molecular weight excluding hydrogens is 875 g/mol. The van der Waals surface area contributed by atoms with Crippen molar-refractivity contribution in [2.75, 3.05) is 45.7 Å². The monoisotopic (exact) mass is 935 g/mol. The van der Waals surface area contributed by atoms with Gasteiger partial charge in [0.15, 0.2) is 5.13 Å². The fourth-order valence-corrected chi connectivity index (χ4v) is 11.7. The predicted molar refractivity (Wildman–Crippen MR) is 246 cm³/mol. The van der Waals surface area contributed by atoms with Gasteiger partial charge in [-0.1, -0.05) is 31.4 Å². The van der Waals surface area contributed by atoms with Crippen LogP contribution in [0.1, 0.15) is 84.5 Å². The van der Waals surface area contributed by atoms with Gasteiger partial charge in [0.25, 0.3) is 10.2 Å². The molecule has 6 atom stereocenters. The average molecular weight is 936 g/mol. The maximum Gasteiger partial charge on any atom is 0.330 e. The van der Waals surface area contributed by atoms with E-state index < -0.39 is 69.7 Å². The van der Waals surface area contributed by atoms with Crippen molar-refractivity contribution in [3.05, 3.63) is 41.8 Å². The summed E-state index contributed by atoms with van der Waals surface area (Å²) in [6.07, 6.45) is 9.84. The van der Waals surface area contributed by atoms with Gasteiger partial charge in [0.2, 0.25) is 11.8 Å². The number of thiazole rings is 1. The first-order valence-corrected chi connectivity index (χ1v) is 25.1. The Labute approximate surface area is 384 Å². The number of aromatic nitrogens is 2. The molecule has 2 aromatic heterocycles. The second-order valence-corrected chi connectivity index (χ2v) is 21.3. The van der Waals surface area contributed by atoms with Crippen LogP contribution in [0.2, 0.25) is 0 Å². The normalized spacial score (nSPS) is 27.6. The van der Waals surface area contributed by atoms with Gasteiger partial charge in [-0.05, 0) is 76.8 Å². The lowest BCUT2D eigenvalue weighted by Crippen LogP contribution is -2.60. The minimum Gasteiger partial charge on any atom is -0.497 e. The van der Waals surface area contributed by atoms with E-state index >= 15 is 0 Å². The maximum absolute atomic E-state index is 15.0. The Balaban J connectivity index is 1.08. The van der Waals surface area contributed by atoms with Crippen molar-refractivity contribution >= 4 is 61.4 Å². The smallest absolute Gasteiger partial charge is 0.330 e. The van der Waals surface area contributed by atoms with Gasteiger partial charge in [-0.3, -0.25) is 9.59 Å². The van der Waals surface area contributed by atoms with Gasteiger partial charge < -0.3 is 40.7 Å². The third-order valence-electron chi connectivity index (χ3n) is 13.4. The Morgan fingerprint density at radius 2 is 1.86 bits per heavy atom. The fraction of sp³-hybridized carbons (Fsp3) is 0.600. The fourth-order valence-electron chi connectivity index (χ4n) is 9.39. The van der Waals surface area contributed by atoms with E-state index in [2.05, 4.69) is 21.3 Å². The minimum absolute atomic E-state index is 0.0282. The second kappa shape index (κ2) is 19.4. The number of nitrogens with zero attached hydrogens (tertiary/aromatic N) is 5. The zero-order valence-corrected chi connectivity index (χ0v) is 39.1. The molecular formula is C45H61N9O9S2. The molecule has 352 valence electrons. The Morgan fingerprint density at radius 3 is 2.60 bits per heavy atom. The summed E-state index contributed by atoms with van der Waals surface area (Å²) in [6.45, 7) is 4.93. The molecule has 20 heteroatoms. The van der Waals surface area contributed by atoms with E-state index in [1.54, 1.807) is 32.4 Å². The average Bonchev–Trinajstić information content (AvgIpc) is 3.51. The summed E-state index contributed by atoms with van der Waals surface area (Å²) in [5, 5.41) is 25.8. The van der Waals surface area contributed by atoms with Crippen LogP contribution in [0.5, 0.6) is 11.5 Å². The zero-order chi connectivity index (χ0) is 46.0. The van der Waals surface area contributed by atoms with E-state index in [0.717, 1.165) is 37.2 Å². The van der Waals surface area contributed by atoms with Crippen LogP contribution in [-0.4, -0.2) is 137 Å². The molecule has 65 heavy (non-hydrogen) atoms. The van der Waals surface area contributed by atoms with Crippen molar-refractivity contribution in [3.63, 3.8) is 0 Å². The van der Waals surface area contributed by atoms with Crippen LogP contribution in [-0.2, 0) is 24.6 Å². The molecule has 0 radical (unpaired) electrons. The molecule has 5 aliphatic rings. The van der Waals surface area contributed by atoms with E-state index in [1.165, 1.54) is 24.8 Å². The number of carboxylic acids is 1. The van der Waals surface area contributed by atoms with Crippen LogP contribution in [0.15, 0.2) is 41.8 Å². The van der Waals surface area contributed by atoms with Gasteiger partial charge >= 0.3 is 12.0 Å². The summed E-state index contributed by atoms with van der Waals surface area (Å²) >= 11 is 1.45. The number of amides is 4. The number of methoxy groups -OCH3 is 1. The van der Waals surface area contributed by atoms with Gasteiger partial charge in [0, 0.05) is 74.0 Å². The quantitative estimate of drug-likeness (QED) is 0.156.